The van der Waals surface area contributed by atoms with Gasteiger partial charge in [-0.15, -0.1) is 0 Å². The van der Waals surface area contributed by atoms with Crippen molar-refractivity contribution in [2.75, 3.05) is 50.8 Å². The fraction of sp³-hybridized carbons (Fsp3) is 0.400. The summed E-state index contributed by atoms with van der Waals surface area (Å²) in [5.41, 5.74) is 2.26. The van der Waals surface area contributed by atoms with Gasteiger partial charge in [0.25, 0.3) is 0 Å². The Morgan fingerprint density at radius 3 is 2.53 bits per heavy atom. The first-order valence-electron chi connectivity index (χ1n) is 11.0. The van der Waals surface area contributed by atoms with Crippen LogP contribution in [-0.4, -0.2) is 60.9 Å². The van der Waals surface area contributed by atoms with Crippen molar-refractivity contribution in [2.24, 2.45) is 0 Å². The van der Waals surface area contributed by atoms with Crippen LogP contribution in [0.2, 0.25) is 0 Å². The monoisotopic (exact) mass is 405 g/mol. The molecular weight excluding hydrogens is 374 g/mol. The standard InChI is InChI=1S/C25H31N3O2/c1-2-27-13-15-28(16-14-27)25-23-9-5-3-8-21(23)19-22(26-25)12-11-20-7-4-6-10-24(20)30-18-17-29/h3-10,19,29H,2,11-18H2,1H3. The van der Waals surface area contributed by atoms with E-state index >= 15 is 0 Å². The number of aryl methyl sites for hydroxylation is 2. The number of fused-ring (bicyclic) bond motifs is 1. The van der Waals surface area contributed by atoms with Crippen LogP contribution in [0.1, 0.15) is 18.2 Å². The van der Waals surface area contributed by atoms with E-state index in [0.717, 1.165) is 68.4 Å². The zero-order valence-electron chi connectivity index (χ0n) is 17.8. The first kappa shape index (κ1) is 20.6. The van der Waals surface area contributed by atoms with Gasteiger partial charge in [0.1, 0.15) is 18.2 Å². The van der Waals surface area contributed by atoms with Crippen LogP contribution in [-0.2, 0) is 12.8 Å². The summed E-state index contributed by atoms with van der Waals surface area (Å²) >= 11 is 0. The van der Waals surface area contributed by atoms with Gasteiger partial charge in [-0.1, -0.05) is 49.4 Å². The molecule has 1 fully saturated rings. The summed E-state index contributed by atoms with van der Waals surface area (Å²) in [6.07, 6.45) is 1.71. The number of pyridine rings is 1. The van der Waals surface area contributed by atoms with Crippen molar-refractivity contribution in [1.29, 1.82) is 0 Å². The minimum absolute atomic E-state index is 0.0230. The number of aromatic nitrogens is 1. The number of para-hydroxylation sites is 1. The van der Waals surface area contributed by atoms with Crippen LogP contribution in [0.5, 0.6) is 5.75 Å². The number of hydrogen-bond donors (Lipinski definition) is 1. The molecule has 2 heterocycles. The van der Waals surface area contributed by atoms with E-state index in [0.29, 0.717) is 6.61 Å². The third-order valence-corrected chi connectivity index (χ3v) is 5.86. The molecule has 0 unspecified atom stereocenters. The van der Waals surface area contributed by atoms with Crippen LogP contribution in [0.15, 0.2) is 54.6 Å². The highest BCUT2D eigenvalue weighted by Crippen LogP contribution is 2.28. The van der Waals surface area contributed by atoms with E-state index in [2.05, 4.69) is 53.1 Å². The summed E-state index contributed by atoms with van der Waals surface area (Å²) in [6, 6.07) is 18.9. The van der Waals surface area contributed by atoms with Gasteiger partial charge in [0.2, 0.25) is 0 Å². The summed E-state index contributed by atoms with van der Waals surface area (Å²) in [5.74, 6) is 1.96. The van der Waals surface area contributed by atoms with Crippen LogP contribution in [0.3, 0.4) is 0 Å². The lowest BCUT2D eigenvalue weighted by Crippen LogP contribution is -2.46. The molecule has 1 saturated heterocycles. The second-order valence-corrected chi connectivity index (χ2v) is 7.76. The maximum Gasteiger partial charge on any atom is 0.136 e. The fourth-order valence-corrected chi connectivity index (χ4v) is 4.15. The highest BCUT2D eigenvalue weighted by molar-refractivity contribution is 5.92. The number of aliphatic hydroxyl groups excluding tert-OH is 1. The van der Waals surface area contributed by atoms with Crippen molar-refractivity contribution < 1.29 is 9.84 Å². The maximum absolute atomic E-state index is 9.07. The molecule has 158 valence electrons. The molecule has 0 spiro atoms. The predicted molar refractivity (Wildman–Crippen MR) is 123 cm³/mol. The Labute approximate surface area is 178 Å². The first-order chi connectivity index (χ1) is 14.8. The van der Waals surface area contributed by atoms with Gasteiger partial charge in [-0.05, 0) is 42.5 Å². The molecule has 3 aromatic rings. The third-order valence-electron chi connectivity index (χ3n) is 5.86. The zero-order valence-corrected chi connectivity index (χ0v) is 17.8. The molecule has 2 aromatic carbocycles. The van der Waals surface area contributed by atoms with E-state index in [4.69, 9.17) is 14.8 Å². The number of aliphatic hydroxyl groups is 1. The summed E-state index contributed by atoms with van der Waals surface area (Å²) < 4.78 is 5.70. The van der Waals surface area contributed by atoms with Crippen molar-refractivity contribution in [3.63, 3.8) is 0 Å². The smallest absolute Gasteiger partial charge is 0.136 e. The van der Waals surface area contributed by atoms with E-state index < -0.39 is 0 Å². The van der Waals surface area contributed by atoms with Crippen LogP contribution in [0, 0.1) is 0 Å². The molecule has 0 amide bonds. The zero-order chi connectivity index (χ0) is 20.8. The van der Waals surface area contributed by atoms with Crippen LogP contribution in [0.25, 0.3) is 10.8 Å². The quantitative estimate of drug-likeness (QED) is 0.621. The Balaban J connectivity index is 1.57. The Morgan fingerprint density at radius 1 is 0.967 bits per heavy atom. The molecule has 1 aromatic heterocycles. The van der Waals surface area contributed by atoms with Gasteiger partial charge in [-0.2, -0.15) is 0 Å². The van der Waals surface area contributed by atoms with Gasteiger partial charge in [0, 0.05) is 37.3 Å². The third kappa shape index (κ3) is 4.74. The van der Waals surface area contributed by atoms with Crippen molar-refractivity contribution in [1.82, 2.24) is 9.88 Å². The molecule has 1 aliphatic heterocycles. The van der Waals surface area contributed by atoms with Crippen LogP contribution < -0.4 is 9.64 Å². The summed E-state index contributed by atoms with van der Waals surface area (Å²) in [4.78, 5) is 10.0. The van der Waals surface area contributed by atoms with E-state index in [9.17, 15) is 0 Å². The number of piperazine rings is 1. The lowest BCUT2D eigenvalue weighted by atomic mass is 10.0. The summed E-state index contributed by atoms with van der Waals surface area (Å²) in [7, 11) is 0. The molecule has 0 saturated carbocycles. The Bertz CT molecular complexity index is 968. The summed E-state index contributed by atoms with van der Waals surface area (Å²) in [6.45, 7) is 7.90. The number of benzene rings is 2. The van der Waals surface area contributed by atoms with E-state index in [-0.39, 0.29) is 6.61 Å². The van der Waals surface area contributed by atoms with Crippen LogP contribution >= 0.6 is 0 Å². The maximum atomic E-state index is 9.07. The molecule has 0 radical (unpaired) electrons. The van der Waals surface area contributed by atoms with Crippen molar-refractivity contribution in [3.8, 4) is 5.75 Å². The van der Waals surface area contributed by atoms with E-state index in [1.54, 1.807) is 0 Å². The number of rotatable bonds is 8. The number of nitrogens with zero attached hydrogens (tertiary/aromatic N) is 3. The van der Waals surface area contributed by atoms with Gasteiger partial charge in [0.15, 0.2) is 0 Å². The molecule has 0 atom stereocenters. The summed E-state index contributed by atoms with van der Waals surface area (Å²) in [5, 5.41) is 11.6. The molecule has 5 heteroatoms. The lowest BCUT2D eigenvalue weighted by molar-refractivity contribution is 0.200. The normalized spacial score (nSPS) is 14.9. The average molecular weight is 406 g/mol. The second-order valence-electron chi connectivity index (χ2n) is 7.76. The van der Waals surface area contributed by atoms with Crippen molar-refractivity contribution in [2.45, 2.75) is 19.8 Å². The first-order valence-corrected chi connectivity index (χ1v) is 11.0. The second kappa shape index (κ2) is 9.92. The molecule has 4 rings (SSSR count). The van der Waals surface area contributed by atoms with E-state index in [1.165, 1.54) is 10.8 Å². The molecule has 1 N–H and O–H groups in total. The molecule has 0 bridgehead atoms. The largest absolute Gasteiger partial charge is 0.491 e. The highest BCUT2D eigenvalue weighted by Gasteiger charge is 2.19. The van der Waals surface area contributed by atoms with Gasteiger partial charge >= 0.3 is 0 Å². The highest BCUT2D eigenvalue weighted by atomic mass is 16.5. The molecular formula is C25H31N3O2. The SMILES string of the molecule is CCN1CCN(c2nc(CCc3ccccc3OCCO)cc3ccccc23)CC1. The molecule has 30 heavy (non-hydrogen) atoms. The van der Waals surface area contributed by atoms with Crippen LogP contribution in [0.4, 0.5) is 5.82 Å². The predicted octanol–water partition coefficient (Wildman–Crippen LogP) is 3.53. The van der Waals surface area contributed by atoms with Gasteiger partial charge in [-0.3, -0.25) is 0 Å². The fourth-order valence-electron chi connectivity index (χ4n) is 4.15. The molecule has 5 nitrogen and oxygen atoms in total. The van der Waals surface area contributed by atoms with Crippen molar-refractivity contribution in [3.05, 3.63) is 65.9 Å². The molecule has 0 aliphatic carbocycles. The Kier molecular flexibility index (Phi) is 6.82. The van der Waals surface area contributed by atoms with Gasteiger partial charge in [-0.25, -0.2) is 4.98 Å². The molecule has 1 aliphatic rings. The lowest BCUT2D eigenvalue weighted by Gasteiger charge is -2.35. The number of anilines is 1. The van der Waals surface area contributed by atoms with Gasteiger partial charge in [0.05, 0.1) is 6.61 Å². The van der Waals surface area contributed by atoms with Gasteiger partial charge < -0.3 is 19.6 Å². The van der Waals surface area contributed by atoms with E-state index in [1.807, 2.05) is 18.2 Å². The minimum Gasteiger partial charge on any atom is -0.491 e. The number of likely N-dealkylation sites (N-methyl/N-ethyl adjacent to an activating group) is 1. The number of ether oxygens (including phenoxy) is 1. The minimum atomic E-state index is 0.0230. The Hall–Kier alpha value is -2.63. The topological polar surface area (TPSA) is 48.8 Å². The number of hydrogen-bond acceptors (Lipinski definition) is 5. The average Bonchev–Trinajstić information content (AvgIpc) is 2.81. The van der Waals surface area contributed by atoms with Crippen molar-refractivity contribution >= 4 is 16.6 Å². The Morgan fingerprint density at radius 2 is 1.73 bits per heavy atom.